The number of aromatic nitrogens is 3. The van der Waals surface area contributed by atoms with Gasteiger partial charge in [-0.3, -0.25) is 25.3 Å². The van der Waals surface area contributed by atoms with Crippen LogP contribution in [0.25, 0.3) is 11.4 Å². The highest BCUT2D eigenvalue weighted by Gasteiger charge is 2.18. The first-order valence-corrected chi connectivity index (χ1v) is 11.8. The zero-order chi connectivity index (χ0) is 23.8. The summed E-state index contributed by atoms with van der Waals surface area (Å²) in [6.07, 6.45) is 0. The minimum atomic E-state index is -0.397. The van der Waals surface area contributed by atoms with E-state index in [1.807, 2.05) is 4.57 Å². The second kappa shape index (κ2) is 11.7. The van der Waals surface area contributed by atoms with Gasteiger partial charge in [-0.1, -0.05) is 30.0 Å². The van der Waals surface area contributed by atoms with Crippen LogP contribution in [-0.4, -0.2) is 70.1 Å². The quantitative estimate of drug-likeness (QED) is 0.372. The molecule has 0 spiro atoms. The first-order chi connectivity index (χ1) is 16.6. The molecule has 1 aliphatic heterocycles. The van der Waals surface area contributed by atoms with Crippen molar-refractivity contribution in [1.82, 2.24) is 30.5 Å². The lowest BCUT2D eigenvalue weighted by atomic mass is 10.2. The predicted molar refractivity (Wildman–Crippen MR) is 125 cm³/mol. The number of hydrogen-bond donors (Lipinski definition) is 2. The van der Waals surface area contributed by atoms with Gasteiger partial charge in [0.2, 0.25) is 5.91 Å². The highest BCUT2D eigenvalue weighted by atomic mass is 32.2. The van der Waals surface area contributed by atoms with Crippen molar-refractivity contribution in [1.29, 1.82) is 0 Å². The number of ether oxygens (including phenoxy) is 1. The number of carbonyl (C=O) groups excluding carboxylic acids is 2. The van der Waals surface area contributed by atoms with E-state index in [4.69, 9.17) is 4.74 Å². The summed E-state index contributed by atoms with van der Waals surface area (Å²) in [5.41, 5.74) is 6.01. The van der Waals surface area contributed by atoms with Gasteiger partial charge in [0.05, 0.1) is 19.0 Å². The molecule has 11 heteroatoms. The topological polar surface area (TPSA) is 101 Å². The van der Waals surface area contributed by atoms with Gasteiger partial charge in [0.15, 0.2) is 11.0 Å². The third kappa shape index (κ3) is 6.40. The molecule has 1 aromatic heterocycles. The molecule has 0 bridgehead atoms. The van der Waals surface area contributed by atoms with Crippen LogP contribution in [0.15, 0.2) is 59.8 Å². The minimum Gasteiger partial charge on any atom is -0.379 e. The van der Waals surface area contributed by atoms with Crippen molar-refractivity contribution in [3.8, 4) is 11.4 Å². The predicted octanol–water partition coefficient (Wildman–Crippen LogP) is 1.97. The summed E-state index contributed by atoms with van der Waals surface area (Å²) in [5.74, 6) is -0.458. The van der Waals surface area contributed by atoms with Crippen LogP contribution in [0.2, 0.25) is 0 Å². The Hall–Kier alpha value is -3.28. The van der Waals surface area contributed by atoms with Crippen molar-refractivity contribution in [2.45, 2.75) is 11.7 Å². The lowest BCUT2D eigenvalue weighted by Gasteiger charge is -2.27. The molecule has 0 unspecified atom stereocenters. The van der Waals surface area contributed by atoms with Crippen molar-refractivity contribution in [2.24, 2.45) is 0 Å². The van der Waals surface area contributed by atoms with Crippen LogP contribution in [0, 0.1) is 5.82 Å². The van der Waals surface area contributed by atoms with E-state index in [9.17, 15) is 14.0 Å². The molecule has 2 heterocycles. The second-order valence-corrected chi connectivity index (χ2v) is 8.52. The average Bonchev–Trinajstić information content (AvgIpc) is 3.29. The van der Waals surface area contributed by atoms with E-state index < -0.39 is 5.91 Å². The van der Waals surface area contributed by atoms with Crippen molar-refractivity contribution < 1.29 is 18.7 Å². The lowest BCUT2D eigenvalue weighted by Crippen LogP contribution is -2.42. The van der Waals surface area contributed by atoms with Gasteiger partial charge in [0, 0.05) is 37.3 Å². The maximum atomic E-state index is 13.4. The molecule has 1 fully saturated rings. The SMILES string of the molecule is O=C(CSc1nnc(-c2ccc(F)cc2)n1CCN1CCOCC1)NNC(=O)c1ccccc1. The van der Waals surface area contributed by atoms with E-state index in [1.54, 1.807) is 42.5 Å². The zero-order valence-corrected chi connectivity index (χ0v) is 19.3. The van der Waals surface area contributed by atoms with Gasteiger partial charge >= 0.3 is 0 Å². The summed E-state index contributed by atoms with van der Waals surface area (Å²) >= 11 is 1.22. The van der Waals surface area contributed by atoms with Crippen LogP contribution in [-0.2, 0) is 16.1 Å². The van der Waals surface area contributed by atoms with E-state index in [1.165, 1.54) is 23.9 Å². The van der Waals surface area contributed by atoms with Gasteiger partial charge in [0.25, 0.3) is 5.91 Å². The Bertz CT molecular complexity index is 1100. The number of halogens is 1. The molecule has 0 radical (unpaired) electrons. The number of hydrogen-bond acceptors (Lipinski definition) is 7. The number of nitrogens with zero attached hydrogens (tertiary/aromatic N) is 4. The smallest absolute Gasteiger partial charge is 0.269 e. The number of amides is 2. The molecular weight excluding hydrogens is 459 g/mol. The molecule has 2 N–H and O–H groups in total. The van der Waals surface area contributed by atoms with Crippen LogP contribution in [0.1, 0.15) is 10.4 Å². The summed E-state index contributed by atoms with van der Waals surface area (Å²) < 4.78 is 20.8. The standard InChI is InChI=1S/C23H25FN6O3S/c24-19-8-6-17(7-9-19)21-26-28-23(30(21)11-10-29-12-14-33-15-13-29)34-16-20(31)25-27-22(32)18-4-2-1-3-5-18/h1-9H,10-16H2,(H,25,31)(H,27,32). The number of benzene rings is 2. The molecule has 9 nitrogen and oxygen atoms in total. The number of thioether (sulfide) groups is 1. The van der Waals surface area contributed by atoms with Gasteiger partial charge < -0.3 is 9.30 Å². The van der Waals surface area contributed by atoms with Crippen molar-refractivity contribution in [3.63, 3.8) is 0 Å². The van der Waals surface area contributed by atoms with Crippen LogP contribution >= 0.6 is 11.8 Å². The number of morpholine rings is 1. The molecule has 2 aromatic carbocycles. The maximum absolute atomic E-state index is 13.4. The molecule has 3 aromatic rings. The van der Waals surface area contributed by atoms with Crippen molar-refractivity contribution in [2.75, 3.05) is 38.6 Å². The molecule has 0 aliphatic carbocycles. The maximum Gasteiger partial charge on any atom is 0.269 e. The van der Waals surface area contributed by atoms with Gasteiger partial charge in [-0.2, -0.15) is 0 Å². The van der Waals surface area contributed by atoms with Gasteiger partial charge in [-0.05, 0) is 36.4 Å². The molecule has 34 heavy (non-hydrogen) atoms. The number of carbonyl (C=O) groups is 2. The monoisotopic (exact) mass is 484 g/mol. The molecule has 178 valence electrons. The fraction of sp³-hybridized carbons (Fsp3) is 0.304. The summed E-state index contributed by atoms with van der Waals surface area (Å²) in [4.78, 5) is 26.7. The first-order valence-electron chi connectivity index (χ1n) is 10.9. The van der Waals surface area contributed by atoms with Gasteiger partial charge in [-0.15, -0.1) is 10.2 Å². The van der Waals surface area contributed by atoms with E-state index in [2.05, 4.69) is 25.9 Å². The van der Waals surface area contributed by atoms with Crippen LogP contribution in [0.3, 0.4) is 0 Å². The molecule has 4 rings (SSSR count). The van der Waals surface area contributed by atoms with E-state index in [-0.39, 0.29) is 17.5 Å². The van der Waals surface area contributed by atoms with Crippen LogP contribution < -0.4 is 10.9 Å². The largest absolute Gasteiger partial charge is 0.379 e. The Balaban J connectivity index is 1.40. The second-order valence-electron chi connectivity index (χ2n) is 7.58. The zero-order valence-electron chi connectivity index (χ0n) is 18.4. The highest BCUT2D eigenvalue weighted by Crippen LogP contribution is 2.24. The Labute approximate surface area is 200 Å². The number of nitrogens with one attached hydrogen (secondary N) is 2. The molecule has 2 amide bonds. The third-order valence-corrected chi connectivity index (χ3v) is 6.21. The summed E-state index contributed by atoms with van der Waals surface area (Å²) in [6, 6.07) is 14.7. The van der Waals surface area contributed by atoms with Crippen LogP contribution in [0.5, 0.6) is 0 Å². The molecule has 1 saturated heterocycles. The fourth-order valence-corrected chi connectivity index (χ4v) is 4.19. The summed E-state index contributed by atoms with van der Waals surface area (Å²) in [5, 5.41) is 9.13. The van der Waals surface area contributed by atoms with Crippen LogP contribution in [0.4, 0.5) is 4.39 Å². The summed E-state index contributed by atoms with van der Waals surface area (Å²) in [7, 11) is 0. The van der Waals surface area contributed by atoms with E-state index in [0.29, 0.717) is 36.3 Å². The Morgan fingerprint density at radius 2 is 1.71 bits per heavy atom. The normalized spacial score (nSPS) is 14.0. The molecule has 0 saturated carbocycles. The molecular formula is C23H25FN6O3S. The Morgan fingerprint density at radius 3 is 2.44 bits per heavy atom. The first kappa shape index (κ1) is 23.9. The van der Waals surface area contributed by atoms with E-state index in [0.717, 1.165) is 25.2 Å². The number of hydrazine groups is 1. The summed E-state index contributed by atoms with van der Waals surface area (Å²) in [6.45, 7) is 4.46. The van der Waals surface area contributed by atoms with Crippen molar-refractivity contribution >= 4 is 23.6 Å². The van der Waals surface area contributed by atoms with Crippen molar-refractivity contribution in [3.05, 3.63) is 66.0 Å². The van der Waals surface area contributed by atoms with Gasteiger partial charge in [0.1, 0.15) is 5.82 Å². The fourth-order valence-electron chi connectivity index (χ4n) is 3.43. The molecule has 0 atom stereocenters. The van der Waals surface area contributed by atoms with E-state index >= 15 is 0 Å². The Morgan fingerprint density at radius 1 is 0.971 bits per heavy atom. The minimum absolute atomic E-state index is 0.0359. The highest BCUT2D eigenvalue weighted by molar-refractivity contribution is 7.99. The average molecular weight is 485 g/mol. The number of rotatable bonds is 8. The lowest BCUT2D eigenvalue weighted by molar-refractivity contribution is -0.119. The van der Waals surface area contributed by atoms with Gasteiger partial charge in [-0.25, -0.2) is 4.39 Å². The third-order valence-electron chi connectivity index (χ3n) is 5.25. The Kier molecular flexibility index (Phi) is 8.23. The molecule has 1 aliphatic rings.